The van der Waals surface area contributed by atoms with Crippen LogP contribution in [0.3, 0.4) is 0 Å². The van der Waals surface area contributed by atoms with Crippen molar-refractivity contribution in [2.24, 2.45) is 23.7 Å². The van der Waals surface area contributed by atoms with Gasteiger partial charge in [0.25, 0.3) is 0 Å². The highest BCUT2D eigenvalue weighted by molar-refractivity contribution is 4.80. The van der Waals surface area contributed by atoms with E-state index in [1.54, 1.807) is 0 Å². The molecule has 0 aromatic rings. The molecule has 2 fully saturated rings. The Morgan fingerprint density at radius 3 is 2.00 bits per heavy atom. The van der Waals surface area contributed by atoms with E-state index in [4.69, 9.17) is 0 Å². The molecule has 0 bridgehead atoms. The van der Waals surface area contributed by atoms with Crippen LogP contribution < -0.4 is 0 Å². The molecule has 16 heavy (non-hydrogen) atoms. The molecule has 93 valence electrons. The first kappa shape index (κ1) is 12.5. The molecule has 0 nitrogen and oxygen atoms in total. The van der Waals surface area contributed by atoms with Crippen LogP contribution in [-0.4, -0.2) is 0 Å². The molecular formula is C16H29. The van der Waals surface area contributed by atoms with E-state index in [0.29, 0.717) is 0 Å². The first-order valence-electron chi connectivity index (χ1n) is 7.60. The van der Waals surface area contributed by atoms with Crippen LogP contribution in [0.4, 0.5) is 0 Å². The summed E-state index contributed by atoms with van der Waals surface area (Å²) in [5, 5.41) is 0. The number of rotatable bonds is 7. The molecule has 0 heteroatoms. The highest BCUT2D eigenvalue weighted by Gasteiger charge is 2.28. The maximum absolute atomic E-state index is 4.06. The Bertz CT molecular complexity index is 188. The molecule has 2 aliphatic rings. The van der Waals surface area contributed by atoms with Crippen molar-refractivity contribution >= 4 is 0 Å². The first-order valence-corrected chi connectivity index (χ1v) is 7.60. The van der Waals surface area contributed by atoms with Crippen molar-refractivity contribution < 1.29 is 0 Å². The fourth-order valence-electron chi connectivity index (χ4n) is 3.51. The van der Waals surface area contributed by atoms with Crippen molar-refractivity contribution in [3.63, 3.8) is 0 Å². The normalized spacial score (nSPS) is 25.9. The zero-order chi connectivity index (χ0) is 11.4. The smallest absolute Gasteiger partial charge is 0.0386 e. The molecule has 0 aromatic heterocycles. The van der Waals surface area contributed by atoms with Crippen molar-refractivity contribution in [1.29, 1.82) is 0 Å². The van der Waals surface area contributed by atoms with Crippen molar-refractivity contribution in [3.8, 4) is 0 Å². The zero-order valence-electron chi connectivity index (χ0n) is 11.1. The molecule has 0 spiro atoms. The maximum atomic E-state index is 4.06. The summed E-state index contributed by atoms with van der Waals surface area (Å²) in [6, 6.07) is 0. The summed E-state index contributed by atoms with van der Waals surface area (Å²) in [5.74, 6) is 4.19. The molecule has 0 aliphatic heterocycles. The van der Waals surface area contributed by atoms with E-state index >= 15 is 0 Å². The Morgan fingerprint density at radius 2 is 1.56 bits per heavy atom. The average molecular weight is 221 g/mol. The van der Waals surface area contributed by atoms with E-state index in [1.165, 1.54) is 57.8 Å². The summed E-state index contributed by atoms with van der Waals surface area (Å²) in [6.07, 6.45) is 14.6. The van der Waals surface area contributed by atoms with Gasteiger partial charge in [0.05, 0.1) is 0 Å². The van der Waals surface area contributed by atoms with E-state index in [9.17, 15) is 0 Å². The third-order valence-corrected chi connectivity index (χ3v) is 5.34. The lowest BCUT2D eigenvalue weighted by molar-refractivity contribution is 0.153. The van der Waals surface area contributed by atoms with Gasteiger partial charge in [-0.25, -0.2) is 0 Å². The fourth-order valence-corrected chi connectivity index (χ4v) is 3.51. The molecule has 0 aromatic carbocycles. The van der Waals surface area contributed by atoms with E-state index in [0.717, 1.165) is 30.1 Å². The lowest BCUT2D eigenvalue weighted by atomic mass is 9.69. The third kappa shape index (κ3) is 3.02. The van der Waals surface area contributed by atoms with E-state index in [2.05, 4.69) is 13.8 Å². The second kappa shape index (κ2) is 6.07. The van der Waals surface area contributed by atoms with Gasteiger partial charge in [-0.15, -0.1) is 0 Å². The molecular weight excluding hydrogens is 192 g/mol. The van der Waals surface area contributed by atoms with Gasteiger partial charge in [0.2, 0.25) is 0 Å². The number of hydrogen-bond acceptors (Lipinski definition) is 0. The minimum Gasteiger partial charge on any atom is -0.0622 e. The van der Waals surface area contributed by atoms with Crippen LogP contribution in [0.15, 0.2) is 0 Å². The Balaban J connectivity index is 1.67. The summed E-state index contributed by atoms with van der Waals surface area (Å²) < 4.78 is 0. The minimum atomic E-state index is 1.00. The predicted octanol–water partition coefficient (Wildman–Crippen LogP) is 5.23. The second-order valence-electron chi connectivity index (χ2n) is 6.34. The second-order valence-corrected chi connectivity index (χ2v) is 6.34. The molecule has 0 N–H and O–H groups in total. The van der Waals surface area contributed by atoms with Gasteiger partial charge in [-0.1, -0.05) is 71.6 Å². The van der Waals surface area contributed by atoms with Gasteiger partial charge in [-0.2, -0.15) is 0 Å². The topological polar surface area (TPSA) is 0 Å². The molecule has 0 heterocycles. The van der Waals surface area contributed by atoms with Crippen molar-refractivity contribution in [3.05, 3.63) is 6.92 Å². The van der Waals surface area contributed by atoms with E-state index in [-0.39, 0.29) is 0 Å². The quantitative estimate of drug-likeness (QED) is 0.552. The Kier molecular flexibility index (Phi) is 4.73. The van der Waals surface area contributed by atoms with Crippen LogP contribution in [0.2, 0.25) is 0 Å². The molecule has 1 radical (unpaired) electrons. The highest BCUT2D eigenvalue weighted by atomic mass is 14.3. The summed E-state index contributed by atoms with van der Waals surface area (Å²) in [4.78, 5) is 0. The van der Waals surface area contributed by atoms with Gasteiger partial charge in [0.15, 0.2) is 0 Å². The van der Waals surface area contributed by atoms with Gasteiger partial charge in [0.1, 0.15) is 0 Å². The summed E-state index contributed by atoms with van der Waals surface area (Å²) in [7, 11) is 0. The molecule has 2 atom stereocenters. The van der Waals surface area contributed by atoms with Crippen LogP contribution in [0.1, 0.15) is 71.1 Å². The van der Waals surface area contributed by atoms with Crippen LogP contribution in [0.5, 0.6) is 0 Å². The summed E-state index contributed by atoms with van der Waals surface area (Å²) in [5.41, 5.74) is 0. The van der Waals surface area contributed by atoms with Gasteiger partial charge in [-0.3, -0.25) is 0 Å². The molecule has 2 aliphatic carbocycles. The third-order valence-electron chi connectivity index (χ3n) is 5.34. The van der Waals surface area contributed by atoms with Gasteiger partial charge < -0.3 is 0 Å². The molecule has 2 rings (SSSR count). The average Bonchev–Trinajstić information content (AvgIpc) is 2.08. The van der Waals surface area contributed by atoms with Gasteiger partial charge >= 0.3 is 0 Å². The van der Waals surface area contributed by atoms with Crippen LogP contribution in [0, 0.1) is 30.6 Å². The standard InChI is InChI=1S/C16H29/c1-3-6-15(16-9-5-10-16)12-11-13(2)14-7-4-8-14/h13-16H,1,3-12H2,2H3. The predicted molar refractivity (Wildman–Crippen MR) is 71.2 cm³/mol. The van der Waals surface area contributed by atoms with Gasteiger partial charge in [0, 0.05) is 0 Å². The van der Waals surface area contributed by atoms with Crippen molar-refractivity contribution in [2.75, 3.05) is 0 Å². The Labute approximate surface area is 102 Å². The summed E-state index contributed by atoms with van der Waals surface area (Å²) >= 11 is 0. The largest absolute Gasteiger partial charge is 0.0622 e. The van der Waals surface area contributed by atoms with Crippen molar-refractivity contribution in [1.82, 2.24) is 0 Å². The van der Waals surface area contributed by atoms with Crippen molar-refractivity contribution in [2.45, 2.75) is 71.1 Å². The molecule has 0 saturated heterocycles. The SMILES string of the molecule is [CH2]CCC(CCC(C)C1CCC1)C1CCC1. The first-order chi connectivity index (χ1) is 7.81. The molecule has 0 amide bonds. The minimum absolute atomic E-state index is 1.00. The lowest BCUT2D eigenvalue weighted by Gasteiger charge is -2.36. The number of hydrogen-bond donors (Lipinski definition) is 0. The van der Waals surface area contributed by atoms with Gasteiger partial charge in [-0.05, 0) is 30.1 Å². The zero-order valence-corrected chi connectivity index (χ0v) is 11.1. The monoisotopic (exact) mass is 221 g/mol. The Morgan fingerprint density at radius 1 is 0.938 bits per heavy atom. The molecule has 2 unspecified atom stereocenters. The maximum Gasteiger partial charge on any atom is -0.0386 e. The van der Waals surface area contributed by atoms with Crippen LogP contribution >= 0.6 is 0 Å². The van der Waals surface area contributed by atoms with Crippen LogP contribution in [-0.2, 0) is 0 Å². The summed E-state index contributed by atoms with van der Waals surface area (Å²) in [6.45, 7) is 6.55. The Hall–Kier alpha value is 0. The highest BCUT2D eigenvalue weighted by Crippen LogP contribution is 2.41. The van der Waals surface area contributed by atoms with E-state index in [1.807, 2.05) is 0 Å². The molecule has 2 saturated carbocycles. The van der Waals surface area contributed by atoms with Crippen LogP contribution in [0.25, 0.3) is 0 Å². The van der Waals surface area contributed by atoms with E-state index < -0.39 is 0 Å². The fraction of sp³-hybridized carbons (Fsp3) is 0.938. The lowest BCUT2D eigenvalue weighted by Crippen LogP contribution is -2.24.